The Morgan fingerprint density at radius 3 is 2.57 bits per heavy atom. The Hall–Kier alpha value is -0.570. The molecule has 1 aromatic rings. The molecule has 1 aromatic carbocycles. The summed E-state index contributed by atoms with van der Waals surface area (Å²) in [7, 11) is 1.71. The maximum absolute atomic E-state index is 5.78. The summed E-state index contributed by atoms with van der Waals surface area (Å²) in [5.41, 5.74) is 1.23. The van der Waals surface area contributed by atoms with Crippen molar-refractivity contribution in [1.82, 2.24) is 5.32 Å². The van der Waals surface area contributed by atoms with E-state index in [0.717, 1.165) is 18.2 Å². The first-order valence-corrected chi connectivity index (χ1v) is 5.07. The molecule has 0 aliphatic rings. The third kappa shape index (κ3) is 4.09. The fraction of sp³-hybridized carbons (Fsp3) is 0.455. The fourth-order valence-corrected chi connectivity index (χ4v) is 1.33. The summed E-state index contributed by atoms with van der Waals surface area (Å²) in [6.07, 6.45) is 0. The topological polar surface area (TPSA) is 21.3 Å². The Labute approximate surface area is 90.2 Å². The molecule has 0 saturated carbocycles. The lowest BCUT2D eigenvalue weighted by atomic mass is 10.2. The van der Waals surface area contributed by atoms with Gasteiger partial charge in [-0.3, -0.25) is 0 Å². The van der Waals surface area contributed by atoms with Crippen LogP contribution in [0.2, 0.25) is 5.02 Å². The van der Waals surface area contributed by atoms with E-state index in [4.69, 9.17) is 16.3 Å². The second-order valence-electron chi connectivity index (χ2n) is 3.36. The Balaban J connectivity index is 2.34. The summed E-state index contributed by atoms with van der Waals surface area (Å²) < 4.78 is 5.03. The highest BCUT2D eigenvalue weighted by molar-refractivity contribution is 6.30. The van der Waals surface area contributed by atoms with E-state index in [1.54, 1.807) is 7.11 Å². The van der Waals surface area contributed by atoms with Crippen LogP contribution < -0.4 is 5.32 Å². The summed E-state index contributed by atoms with van der Waals surface area (Å²) in [4.78, 5) is 0. The molecule has 14 heavy (non-hydrogen) atoms. The lowest BCUT2D eigenvalue weighted by Gasteiger charge is -2.12. The van der Waals surface area contributed by atoms with Crippen LogP contribution in [0, 0.1) is 0 Å². The Kier molecular flexibility index (Phi) is 4.94. The van der Waals surface area contributed by atoms with Gasteiger partial charge in [-0.15, -0.1) is 0 Å². The molecule has 0 spiro atoms. The number of rotatable bonds is 5. The van der Waals surface area contributed by atoms with Gasteiger partial charge in [0.1, 0.15) is 0 Å². The van der Waals surface area contributed by atoms with Crippen LogP contribution in [-0.2, 0) is 11.3 Å². The SMILES string of the molecule is COCC(C)NCc1ccc(Cl)cc1. The van der Waals surface area contributed by atoms with Crippen LogP contribution in [0.1, 0.15) is 12.5 Å². The molecule has 0 aliphatic carbocycles. The van der Waals surface area contributed by atoms with E-state index in [0.29, 0.717) is 6.04 Å². The minimum absolute atomic E-state index is 0.371. The van der Waals surface area contributed by atoms with Gasteiger partial charge < -0.3 is 10.1 Å². The van der Waals surface area contributed by atoms with E-state index in [1.807, 2.05) is 24.3 Å². The van der Waals surface area contributed by atoms with Gasteiger partial charge in [-0.1, -0.05) is 23.7 Å². The van der Waals surface area contributed by atoms with Crippen molar-refractivity contribution < 1.29 is 4.74 Å². The summed E-state index contributed by atoms with van der Waals surface area (Å²) in [5, 5.41) is 4.13. The first-order chi connectivity index (χ1) is 6.72. The molecule has 0 aromatic heterocycles. The molecule has 0 saturated heterocycles. The number of ether oxygens (including phenoxy) is 1. The van der Waals surface area contributed by atoms with Gasteiger partial charge in [0, 0.05) is 24.7 Å². The quantitative estimate of drug-likeness (QED) is 0.812. The number of methoxy groups -OCH3 is 1. The molecule has 0 heterocycles. The van der Waals surface area contributed by atoms with Crippen LogP contribution in [0.25, 0.3) is 0 Å². The molecule has 0 bridgehead atoms. The van der Waals surface area contributed by atoms with Gasteiger partial charge in [0.2, 0.25) is 0 Å². The van der Waals surface area contributed by atoms with Gasteiger partial charge >= 0.3 is 0 Å². The maximum atomic E-state index is 5.78. The van der Waals surface area contributed by atoms with E-state index < -0.39 is 0 Å². The number of nitrogens with one attached hydrogen (secondary N) is 1. The van der Waals surface area contributed by atoms with Crippen molar-refractivity contribution in [2.45, 2.75) is 19.5 Å². The van der Waals surface area contributed by atoms with Gasteiger partial charge in [-0.25, -0.2) is 0 Å². The molecule has 0 aliphatic heterocycles. The van der Waals surface area contributed by atoms with Crippen molar-refractivity contribution in [2.24, 2.45) is 0 Å². The van der Waals surface area contributed by atoms with Crippen molar-refractivity contribution in [3.05, 3.63) is 34.9 Å². The van der Waals surface area contributed by atoms with E-state index in [9.17, 15) is 0 Å². The molecule has 1 rings (SSSR count). The van der Waals surface area contributed by atoms with Gasteiger partial charge in [0.25, 0.3) is 0 Å². The Morgan fingerprint density at radius 2 is 2.00 bits per heavy atom. The summed E-state index contributed by atoms with van der Waals surface area (Å²) in [6, 6.07) is 8.22. The molecule has 1 N–H and O–H groups in total. The highest BCUT2D eigenvalue weighted by atomic mass is 35.5. The van der Waals surface area contributed by atoms with Crippen LogP contribution in [-0.4, -0.2) is 19.8 Å². The van der Waals surface area contributed by atoms with Crippen LogP contribution >= 0.6 is 11.6 Å². The predicted molar refractivity (Wildman–Crippen MR) is 59.6 cm³/mol. The fourth-order valence-electron chi connectivity index (χ4n) is 1.20. The van der Waals surface area contributed by atoms with Gasteiger partial charge in [-0.05, 0) is 24.6 Å². The molecule has 1 unspecified atom stereocenters. The van der Waals surface area contributed by atoms with Crippen LogP contribution in [0.15, 0.2) is 24.3 Å². The largest absolute Gasteiger partial charge is 0.383 e. The molecule has 78 valence electrons. The second-order valence-corrected chi connectivity index (χ2v) is 3.80. The zero-order valence-corrected chi connectivity index (χ0v) is 9.34. The number of halogens is 1. The third-order valence-corrected chi connectivity index (χ3v) is 2.24. The average molecular weight is 214 g/mol. The van der Waals surface area contributed by atoms with Crippen LogP contribution in [0.5, 0.6) is 0 Å². The molecule has 1 atom stereocenters. The first-order valence-electron chi connectivity index (χ1n) is 4.69. The van der Waals surface area contributed by atoms with Crippen molar-refractivity contribution in [3.8, 4) is 0 Å². The van der Waals surface area contributed by atoms with Gasteiger partial charge in [0.05, 0.1) is 6.61 Å². The molecular weight excluding hydrogens is 198 g/mol. The minimum Gasteiger partial charge on any atom is -0.383 e. The monoisotopic (exact) mass is 213 g/mol. The highest BCUT2D eigenvalue weighted by Crippen LogP contribution is 2.09. The molecule has 0 fully saturated rings. The molecule has 2 nitrogen and oxygen atoms in total. The van der Waals surface area contributed by atoms with Crippen molar-refractivity contribution in [2.75, 3.05) is 13.7 Å². The minimum atomic E-state index is 0.371. The second kappa shape index (κ2) is 6.02. The lowest BCUT2D eigenvalue weighted by Crippen LogP contribution is -2.29. The van der Waals surface area contributed by atoms with E-state index in [-0.39, 0.29) is 0 Å². The van der Waals surface area contributed by atoms with Crippen molar-refractivity contribution in [3.63, 3.8) is 0 Å². The zero-order valence-electron chi connectivity index (χ0n) is 8.59. The number of hydrogen-bond acceptors (Lipinski definition) is 2. The normalized spacial score (nSPS) is 12.8. The summed E-state index contributed by atoms with van der Waals surface area (Å²) in [5.74, 6) is 0. The van der Waals surface area contributed by atoms with Gasteiger partial charge in [-0.2, -0.15) is 0 Å². The molecular formula is C11H16ClNO. The van der Waals surface area contributed by atoms with Gasteiger partial charge in [0.15, 0.2) is 0 Å². The van der Waals surface area contributed by atoms with Crippen LogP contribution in [0.3, 0.4) is 0 Å². The number of benzene rings is 1. The third-order valence-electron chi connectivity index (χ3n) is 1.98. The summed E-state index contributed by atoms with van der Waals surface area (Å²) in [6.45, 7) is 3.68. The van der Waals surface area contributed by atoms with Crippen molar-refractivity contribution in [1.29, 1.82) is 0 Å². The highest BCUT2D eigenvalue weighted by Gasteiger charge is 1.99. The Bertz CT molecular complexity index is 260. The molecule has 3 heteroatoms. The molecule has 0 amide bonds. The average Bonchev–Trinajstić information content (AvgIpc) is 2.17. The first kappa shape index (κ1) is 11.5. The van der Waals surface area contributed by atoms with Crippen LogP contribution in [0.4, 0.5) is 0 Å². The maximum Gasteiger partial charge on any atom is 0.0613 e. The Morgan fingerprint density at radius 1 is 1.36 bits per heavy atom. The predicted octanol–water partition coefficient (Wildman–Crippen LogP) is 2.46. The standard InChI is InChI=1S/C11H16ClNO/c1-9(8-14-2)13-7-10-3-5-11(12)6-4-10/h3-6,9,13H,7-8H2,1-2H3. The smallest absolute Gasteiger partial charge is 0.0613 e. The van der Waals surface area contributed by atoms with Crippen molar-refractivity contribution >= 4 is 11.6 Å². The molecule has 0 radical (unpaired) electrons. The van der Waals surface area contributed by atoms with E-state index >= 15 is 0 Å². The van der Waals surface area contributed by atoms with E-state index in [1.165, 1.54) is 5.56 Å². The number of hydrogen-bond donors (Lipinski definition) is 1. The summed E-state index contributed by atoms with van der Waals surface area (Å²) >= 11 is 5.78. The zero-order chi connectivity index (χ0) is 10.4. The van der Waals surface area contributed by atoms with E-state index in [2.05, 4.69) is 12.2 Å². The lowest BCUT2D eigenvalue weighted by molar-refractivity contribution is 0.171.